The first kappa shape index (κ1) is 17.7. The standard InChI is InChI=1S/C23H22N2OP/c1-26-27(21-8-4-2-5-9-21,22-10-6-3-7-11-22)23(14-18-25-19-15-23)20-12-16-24-17-13-20/h2-19,25H,1H3/q+1. The molecule has 0 saturated carbocycles. The molecule has 0 spiro atoms. The Kier molecular flexibility index (Phi) is 4.89. The highest BCUT2D eigenvalue weighted by molar-refractivity contribution is 7.86. The molecule has 0 saturated heterocycles. The Balaban J connectivity index is 2.09. The van der Waals surface area contributed by atoms with Gasteiger partial charge in [-0.2, -0.15) is 0 Å². The molecule has 0 atom stereocenters. The highest BCUT2D eigenvalue weighted by atomic mass is 31.2. The minimum atomic E-state index is -2.35. The summed E-state index contributed by atoms with van der Waals surface area (Å²) >= 11 is 0. The third-order valence-corrected chi connectivity index (χ3v) is 9.24. The van der Waals surface area contributed by atoms with Gasteiger partial charge in [-0.1, -0.05) is 36.4 Å². The largest absolute Gasteiger partial charge is 0.368 e. The van der Waals surface area contributed by atoms with Crippen LogP contribution in [-0.4, -0.2) is 12.1 Å². The lowest BCUT2D eigenvalue weighted by Gasteiger charge is -2.40. The van der Waals surface area contributed by atoms with E-state index in [4.69, 9.17) is 4.52 Å². The van der Waals surface area contributed by atoms with E-state index in [2.05, 4.69) is 83.1 Å². The number of pyridine rings is 1. The number of nitrogens with zero attached hydrogens (tertiary/aromatic N) is 1. The Morgan fingerprint density at radius 2 is 1.30 bits per heavy atom. The van der Waals surface area contributed by atoms with Crippen molar-refractivity contribution in [3.63, 3.8) is 0 Å². The van der Waals surface area contributed by atoms with Gasteiger partial charge in [0.2, 0.25) is 7.49 Å². The Morgan fingerprint density at radius 1 is 0.778 bits per heavy atom. The van der Waals surface area contributed by atoms with Crippen molar-refractivity contribution in [2.75, 3.05) is 7.11 Å². The lowest BCUT2D eigenvalue weighted by molar-refractivity contribution is 0.446. The first-order valence-corrected chi connectivity index (χ1v) is 10.6. The van der Waals surface area contributed by atoms with E-state index in [-0.39, 0.29) is 0 Å². The number of nitrogens with one attached hydrogen (secondary N) is 1. The van der Waals surface area contributed by atoms with Crippen molar-refractivity contribution < 1.29 is 4.52 Å². The van der Waals surface area contributed by atoms with Gasteiger partial charge >= 0.3 is 0 Å². The lowest BCUT2D eigenvalue weighted by Crippen LogP contribution is -2.40. The molecule has 27 heavy (non-hydrogen) atoms. The monoisotopic (exact) mass is 373 g/mol. The molecule has 3 nitrogen and oxygen atoms in total. The molecule has 2 heterocycles. The normalized spacial score (nSPS) is 15.3. The van der Waals surface area contributed by atoms with Crippen molar-refractivity contribution in [2.45, 2.75) is 5.16 Å². The molecular weight excluding hydrogens is 351 g/mol. The van der Waals surface area contributed by atoms with Crippen LogP contribution in [0.1, 0.15) is 5.56 Å². The molecule has 0 amide bonds. The molecule has 0 fully saturated rings. The summed E-state index contributed by atoms with van der Waals surface area (Å²) in [7, 11) is -0.518. The minimum absolute atomic E-state index is 0.432. The van der Waals surface area contributed by atoms with Crippen LogP contribution in [0.15, 0.2) is 110 Å². The molecular formula is C23H22N2OP+. The fourth-order valence-corrected chi connectivity index (χ4v) is 8.02. The molecule has 0 radical (unpaired) electrons. The second kappa shape index (κ2) is 7.48. The van der Waals surface area contributed by atoms with E-state index < -0.39 is 12.6 Å². The van der Waals surface area contributed by atoms with Crippen molar-refractivity contribution >= 4 is 18.1 Å². The summed E-state index contributed by atoms with van der Waals surface area (Å²) in [4.78, 5) is 4.23. The zero-order valence-electron chi connectivity index (χ0n) is 15.2. The van der Waals surface area contributed by atoms with Gasteiger partial charge in [0.05, 0.1) is 7.11 Å². The molecule has 1 N–H and O–H groups in total. The van der Waals surface area contributed by atoms with E-state index in [0.717, 1.165) is 5.56 Å². The maximum Gasteiger partial charge on any atom is 0.228 e. The fourth-order valence-electron chi connectivity index (χ4n) is 3.88. The summed E-state index contributed by atoms with van der Waals surface area (Å²) < 4.78 is 6.57. The molecule has 3 aromatic rings. The first-order valence-electron chi connectivity index (χ1n) is 8.91. The minimum Gasteiger partial charge on any atom is -0.368 e. The van der Waals surface area contributed by atoms with Gasteiger partial charge in [0.1, 0.15) is 10.6 Å². The van der Waals surface area contributed by atoms with E-state index in [1.807, 2.05) is 44.0 Å². The van der Waals surface area contributed by atoms with Gasteiger partial charge < -0.3 is 5.32 Å². The average molecular weight is 373 g/mol. The number of benzene rings is 2. The SMILES string of the molecule is CO[P+](c1ccccc1)(c1ccccc1)C1(c2ccncc2)C=CNC=C1. The van der Waals surface area contributed by atoms with Crippen molar-refractivity contribution in [3.05, 3.63) is 115 Å². The van der Waals surface area contributed by atoms with Gasteiger partial charge in [0, 0.05) is 30.4 Å². The van der Waals surface area contributed by atoms with Crippen LogP contribution in [0.3, 0.4) is 0 Å². The zero-order valence-corrected chi connectivity index (χ0v) is 16.1. The van der Waals surface area contributed by atoms with Crippen LogP contribution in [-0.2, 0) is 9.68 Å². The second-order valence-corrected chi connectivity index (χ2v) is 9.71. The van der Waals surface area contributed by atoms with Gasteiger partial charge in [0.15, 0.2) is 5.16 Å². The number of hydrogen-bond acceptors (Lipinski definition) is 3. The van der Waals surface area contributed by atoms with Crippen molar-refractivity contribution in [3.8, 4) is 0 Å². The summed E-state index contributed by atoms with van der Waals surface area (Å²) in [6.07, 6.45) is 12.1. The molecule has 0 bridgehead atoms. The summed E-state index contributed by atoms with van der Waals surface area (Å²) in [5, 5.41) is 5.16. The lowest BCUT2D eigenvalue weighted by atomic mass is 9.98. The number of allylic oxidation sites excluding steroid dienone is 2. The Labute approximate surface area is 160 Å². The molecule has 0 unspecified atom stereocenters. The van der Waals surface area contributed by atoms with Crippen LogP contribution < -0.4 is 15.9 Å². The average Bonchev–Trinajstić information content (AvgIpc) is 2.77. The topological polar surface area (TPSA) is 34.1 Å². The van der Waals surface area contributed by atoms with E-state index in [0.29, 0.717) is 0 Å². The summed E-state index contributed by atoms with van der Waals surface area (Å²) in [5.74, 6) is 0. The van der Waals surface area contributed by atoms with E-state index in [1.54, 1.807) is 0 Å². The number of hydrogen-bond donors (Lipinski definition) is 1. The molecule has 4 heteroatoms. The maximum atomic E-state index is 6.57. The molecule has 1 aliphatic heterocycles. The third-order valence-electron chi connectivity index (χ3n) is 5.04. The number of aromatic nitrogens is 1. The molecule has 1 aromatic heterocycles. The van der Waals surface area contributed by atoms with Crippen molar-refractivity contribution in [1.82, 2.24) is 10.3 Å². The number of dihydropyridines is 1. The summed E-state index contributed by atoms with van der Waals surface area (Å²) in [6.45, 7) is 0. The summed E-state index contributed by atoms with van der Waals surface area (Å²) in [6, 6.07) is 25.3. The van der Waals surface area contributed by atoms with Crippen LogP contribution in [0.25, 0.3) is 0 Å². The van der Waals surface area contributed by atoms with E-state index >= 15 is 0 Å². The Morgan fingerprint density at radius 3 is 1.78 bits per heavy atom. The zero-order chi connectivity index (χ0) is 18.6. The van der Waals surface area contributed by atoms with Gasteiger partial charge in [-0.3, -0.25) is 4.98 Å². The fraction of sp³-hybridized carbons (Fsp3) is 0.0870. The highest BCUT2D eigenvalue weighted by Gasteiger charge is 2.62. The number of rotatable bonds is 5. The van der Waals surface area contributed by atoms with Gasteiger partial charge in [-0.15, -0.1) is 0 Å². The van der Waals surface area contributed by atoms with Crippen LogP contribution >= 0.6 is 7.49 Å². The van der Waals surface area contributed by atoms with Crippen LogP contribution in [0.2, 0.25) is 0 Å². The third kappa shape index (κ3) is 2.80. The molecule has 2 aromatic carbocycles. The van der Waals surface area contributed by atoms with E-state index in [1.165, 1.54) is 10.6 Å². The molecule has 0 aliphatic carbocycles. The van der Waals surface area contributed by atoms with Gasteiger partial charge in [-0.25, -0.2) is 4.52 Å². The van der Waals surface area contributed by atoms with Gasteiger partial charge in [-0.05, 0) is 48.6 Å². The highest BCUT2D eigenvalue weighted by Crippen LogP contribution is 2.72. The summed E-state index contributed by atoms with van der Waals surface area (Å²) in [5.41, 5.74) is 1.16. The van der Waals surface area contributed by atoms with Crippen LogP contribution in [0.4, 0.5) is 0 Å². The van der Waals surface area contributed by atoms with Crippen LogP contribution in [0, 0.1) is 0 Å². The second-order valence-electron chi connectivity index (χ2n) is 6.36. The molecule has 4 rings (SSSR count). The Hall–Kier alpha value is -2.74. The molecule has 134 valence electrons. The van der Waals surface area contributed by atoms with Gasteiger partial charge in [0.25, 0.3) is 0 Å². The van der Waals surface area contributed by atoms with E-state index in [9.17, 15) is 0 Å². The first-order chi connectivity index (χ1) is 13.3. The van der Waals surface area contributed by atoms with Crippen molar-refractivity contribution in [1.29, 1.82) is 0 Å². The smallest absolute Gasteiger partial charge is 0.228 e. The van der Waals surface area contributed by atoms with Crippen molar-refractivity contribution in [2.24, 2.45) is 0 Å². The maximum absolute atomic E-state index is 6.57. The predicted octanol–water partition coefficient (Wildman–Crippen LogP) is 4.14. The Bertz CT molecular complexity index is 888. The predicted molar refractivity (Wildman–Crippen MR) is 113 cm³/mol. The van der Waals surface area contributed by atoms with Crippen LogP contribution in [0.5, 0.6) is 0 Å². The molecule has 1 aliphatic rings. The quantitative estimate of drug-likeness (QED) is 0.683.